The van der Waals surface area contributed by atoms with E-state index in [0.717, 1.165) is 36.5 Å². The third-order valence-electron chi connectivity index (χ3n) is 3.27. The van der Waals surface area contributed by atoms with Crippen molar-refractivity contribution in [1.82, 2.24) is 9.78 Å². The Bertz CT molecular complexity index is 605. The van der Waals surface area contributed by atoms with E-state index in [4.69, 9.17) is 23.2 Å². The predicted molar refractivity (Wildman–Crippen MR) is 74.7 cm³/mol. The van der Waals surface area contributed by atoms with Crippen LogP contribution in [0, 0.1) is 0 Å². The van der Waals surface area contributed by atoms with Crippen molar-refractivity contribution in [2.75, 3.05) is 11.9 Å². The third kappa shape index (κ3) is 1.98. The van der Waals surface area contributed by atoms with E-state index in [-0.39, 0.29) is 0 Å². The molecule has 1 aromatic heterocycles. The summed E-state index contributed by atoms with van der Waals surface area (Å²) in [4.78, 5) is 0. The van der Waals surface area contributed by atoms with Crippen LogP contribution in [0.25, 0.3) is 0 Å². The van der Waals surface area contributed by atoms with Gasteiger partial charge in [-0.15, -0.1) is 0 Å². The van der Waals surface area contributed by atoms with Gasteiger partial charge in [0.25, 0.3) is 0 Å². The Morgan fingerprint density at radius 3 is 3.00 bits per heavy atom. The van der Waals surface area contributed by atoms with Crippen molar-refractivity contribution in [2.24, 2.45) is 7.05 Å². The number of rotatable bonds is 2. The van der Waals surface area contributed by atoms with Gasteiger partial charge in [0.15, 0.2) is 0 Å². The summed E-state index contributed by atoms with van der Waals surface area (Å²) in [5.41, 5.74) is 3.47. The lowest BCUT2D eigenvalue weighted by Crippen LogP contribution is -2.02. The maximum atomic E-state index is 6.20. The molecule has 3 rings (SSSR count). The normalized spacial score (nSPS) is 13.5. The highest BCUT2D eigenvalue weighted by Crippen LogP contribution is 2.29. The Morgan fingerprint density at radius 2 is 2.22 bits per heavy atom. The first-order valence-corrected chi connectivity index (χ1v) is 6.63. The average Bonchev–Trinajstić information content (AvgIpc) is 2.89. The molecular weight excluding hydrogens is 269 g/mol. The molecule has 1 aromatic carbocycles. The summed E-state index contributed by atoms with van der Waals surface area (Å²) in [6.45, 7) is 0.988. The van der Waals surface area contributed by atoms with Crippen LogP contribution in [0.2, 0.25) is 10.0 Å². The molecule has 1 N–H and O–H groups in total. The zero-order chi connectivity index (χ0) is 12.7. The molecular formula is C13H13Cl2N3. The maximum absolute atomic E-state index is 6.20. The minimum Gasteiger partial charge on any atom is -0.370 e. The predicted octanol–water partition coefficient (Wildman–Crippen LogP) is 3.29. The second-order valence-corrected chi connectivity index (χ2v) is 5.33. The zero-order valence-corrected chi connectivity index (χ0v) is 11.5. The number of halogens is 2. The minimum absolute atomic E-state index is 0.664. The molecule has 0 bridgehead atoms. The SMILES string of the molecule is Cn1nc(Cc2ccc(Cl)cc2Cl)c2c1NCC2. The van der Waals surface area contributed by atoms with Gasteiger partial charge in [0, 0.05) is 35.6 Å². The van der Waals surface area contributed by atoms with E-state index in [1.165, 1.54) is 5.56 Å². The molecule has 0 radical (unpaired) electrons. The van der Waals surface area contributed by atoms with Crippen molar-refractivity contribution < 1.29 is 0 Å². The lowest BCUT2D eigenvalue weighted by Gasteiger charge is -2.03. The van der Waals surface area contributed by atoms with E-state index in [1.807, 2.05) is 23.9 Å². The Balaban J connectivity index is 1.95. The zero-order valence-electron chi connectivity index (χ0n) is 10.0. The first-order valence-electron chi connectivity index (χ1n) is 5.87. The second-order valence-electron chi connectivity index (χ2n) is 4.49. The van der Waals surface area contributed by atoms with E-state index in [1.54, 1.807) is 6.07 Å². The molecule has 94 valence electrons. The highest BCUT2D eigenvalue weighted by Gasteiger charge is 2.20. The van der Waals surface area contributed by atoms with Gasteiger partial charge in [-0.1, -0.05) is 29.3 Å². The second kappa shape index (κ2) is 4.48. The molecule has 0 spiro atoms. The van der Waals surface area contributed by atoms with Gasteiger partial charge in [0.2, 0.25) is 0 Å². The number of fused-ring (bicyclic) bond motifs is 1. The smallest absolute Gasteiger partial charge is 0.127 e. The van der Waals surface area contributed by atoms with Gasteiger partial charge in [0.05, 0.1) is 5.69 Å². The standard InChI is InChI=1S/C13H13Cl2N3/c1-18-13-10(4-5-16-13)12(17-18)6-8-2-3-9(14)7-11(8)15/h2-3,7,16H,4-6H2,1H3. The van der Waals surface area contributed by atoms with Crippen LogP contribution < -0.4 is 5.32 Å². The van der Waals surface area contributed by atoms with E-state index >= 15 is 0 Å². The van der Waals surface area contributed by atoms with Gasteiger partial charge < -0.3 is 5.32 Å². The van der Waals surface area contributed by atoms with Crippen LogP contribution in [-0.2, 0) is 19.9 Å². The summed E-state index contributed by atoms with van der Waals surface area (Å²) in [5.74, 6) is 1.13. The van der Waals surface area contributed by atoms with Crippen molar-refractivity contribution in [1.29, 1.82) is 0 Å². The van der Waals surface area contributed by atoms with Crippen LogP contribution in [0.5, 0.6) is 0 Å². The summed E-state index contributed by atoms with van der Waals surface area (Å²) in [6.07, 6.45) is 1.78. The molecule has 18 heavy (non-hydrogen) atoms. The fourth-order valence-electron chi connectivity index (χ4n) is 2.40. The van der Waals surface area contributed by atoms with Gasteiger partial charge >= 0.3 is 0 Å². The van der Waals surface area contributed by atoms with Crippen molar-refractivity contribution in [3.05, 3.63) is 45.1 Å². The summed E-state index contributed by atoms with van der Waals surface area (Å²) in [5, 5.41) is 9.26. The minimum atomic E-state index is 0.664. The Kier molecular flexibility index (Phi) is 2.96. The van der Waals surface area contributed by atoms with Gasteiger partial charge in [0.1, 0.15) is 5.82 Å². The quantitative estimate of drug-likeness (QED) is 0.916. The van der Waals surface area contributed by atoms with Crippen LogP contribution >= 0.6 is 23.2 Å². The molecule has 2 heterocycles. The molecule has 0 fully saturated rings. The van der Waals surface area contributed by atoms with E-state index in [0.29, 0.717) is 10.0 Å². The van der Waals surface area contributed by atoms with Gasteiger partial charge in [-0.25, -0.2) is 0 Å². The largest absolute Gasteiger partial charge is 0.370 e. The molecule has 2 aromatic rings. The third-order valence-corrected chi connectivity index (χ3v) is 3.86. The average molecular weight is 282 g/mol. The van der Waals surface area contributed by atoms with Crippen molar-refractivity contribution in [2.45, 2.75) is 12.8 Å². The number of nitrogens with one attached hydrogen (secondary N) is 1. The summed E-state index contributed by atoms with van der Waals surface area (Å²) in [6, 6.07) is 5.61. The lowest BCUT2D eigenvalue weighted by atomic mass is 10.1. The molecule has 0 unspecified atom stereocenters. The number of aryl methyl sites for hydroxylation is 1. The fourth-order valence-corrected chi connectivity index (χ4v) is 2.88. The van der Waals surface area contributed by atoms with E-state index < -0.39 is 0 Å². The van der Waals surface area contributed by atoms with Crippen molar-refractivity contribution in [3.8, 4) is 0 Å². The molecule has 0 atom stereocenters. The van der Waals surface area contributed by atoms with Crippen LogP contribution in [0.4, 0.5) is 5.82 Å². The van der Waals surface area contributed by atoms with Crippen LogP contribution in [0.15, 0.2) is 18.2 Å². The molecule has 0 aliphatic carbocycles. The Morgan fingerprint density at radius 1 is 1.39 bits per heavy atom. The van der Waals surface area contributed by atoms with Gasteiger partial charge in [-0.2, -0.15) is 5.10 Å². The number of benzene rings is 1. The number of hydrogen-bond donors (Lipinski definition) is 1. The Hall–Kier alpha value is -1.19. The number of hydrogen-bond acceptors (Lipinski definition) is 2. The Labute approximate surface area is 116 Å². The first kappa shape index (κ1) is 11.9. The van der Waals surface area contributed by atoms with Gasteiger partial charge in [-0.3, -0.25) is 4.68 Å². The molecule has 0 amide bonds. The number of nitrogens with zero attached hydrogens (tertiary/aromatic N) is 2. The highest BCUT2D eigenvalue weighted by molar-refractivity contribution is 6.35. The molecule has 1 aliphatic rings. The highest BCUT2D eigenvalue weighted by atomic mass is 35.5. The van der Waals surface area contributed by atoms with Crippen LogP contribution in [-0.4, -0.2) is 16.3 Å². The first-order chi connectivity index (χ1) is 8.65. The van der Waals surface area contributed by atoms with Crippen molar-refractivity contribution >= 4 is 29.0 Å². The number of anilines is 1. The van der Waals surface area contributed by atoms with Gasteiger partial charge in [-0.05, 0) is 24.1 Å². The molecule has 5 heteroatoms. The molecule has 1 aliphatic heterocycles. The summed E-state index contributed by atoms with van der Waals surface area (Å²) < 4.78 is 1.90. The monoisotopic (exact) mass is 281 g/mol. The van der Waals surface area contributed by atoms with Crippen molar-refractivity contribution in [3.63, 3.8) is 0 Å². The molecule has 0 saturated heterocycles. The lowest BCUT2D eigenvalue weighted by molar-refractivity contribution is 0.750. The topological polar surface area (TPSA) is 29.9 Å². The van der Waals surface area contributed by atoms with Crippen LogP contribution in [0.3, 0.4) is 0 Å². The van der Waals surface area contributed by atoms with E-state index in [9.17, 15) is 0 Å². The number of aromatic nitrogens is 2. The molecule has 0 saturated carbocycles. The molecule has 3 nitrogen and oxygen atoms in total. The fraction of sp³-hybridized carbons (Fsp3) is 0.308. The summed E-state index contributed by atoms with van der Waals surface area (Å²) >= 11 is 12.1. The van der Waals surface area contributed by atoms with E-state index in [2.05, 4.69) is 10.4 Å². The summed E-state index contributed by atoms with van der Waals surface area (Å²) in [7, 11) is 1.96. The van der Waals surface area contributed by atoms with Crippen LogP contribution in [0.1, 0.15) is 16.8 Å². The maximum Gasteiger partial charge on any atom is 0.127 e.